The topological polar surface area (TPSA) is 47.0 Å². The average molecular weight is 209 g/mol. The Kier molecular flexibility index (Phi) is 1.74. The summed E-state index contributed by atoms with van der Waals surface area (Å²) >= 11 is 0. The highest BCUT2D eigenvalue weighted by Gasteiger charge is 2.29. The predicted molar refractivity (Wildman–Crippen MR) is 57.5 cm³/mol. The molecule has 0 saturated carbocycles. The van der Waals surface area contributed by atoms with Crippen LogP contribution in [-0.2, 0) is 0 Å². The minimum Gasteiger partial charge on any atom is -0.288 e. The Hall–Kier alpha value is -2.29. The van der Waals surface area contributed by atoms with Crippen molar-refractivity contribution in [3.63, 3.8) is 0 Å². The zero-order valence-corrected chi connectivity index (χ0v) is 8.31. The van der Waals surface area contributed by atoms with Crippen molar-refractivity contribution in [3.05, 3.63) is 65.0 Å². The Morgan fingerprint density at radius 3 is 2.12 bits per heavy atom. The van der Waals surface area contributed by atoms with Crippen LogP contribution in [0.2, 0.25) is 0 Å². The van der Waals surface area contributed by atoms with E-state index in [0.717, 1.165) is 0 Å². The van der Waals surface area contributed by atoms with Gasteiger partial charge in [-0.1, -0.05) is 24.3 Å². The summed E-state index contributed by atoms with van der Waals surface area (Å²) in [4.78, 5) is 28.1. The fourth-order valence-electron chi connectivity index (χ4n) is 1.92. The van der Waals surface area contributed by atoms with Gasteiger partial charge < -0.3 is 0 Å². The molecular formula is C13H7NO2. The molecule has 0 aliphatic heterocycles. The molecule has 0 atom stereocenters. The number of rotatable bonds is 0. The van der Waals surface area contributed by atoms with Crippen LogP contribution < -0.4 is 0 Å². The van der Waals surface area contributed by atoms with Gasteiger partial charge in [0.25, 0.3) is 0 Å². The number of hydrogen-bond donors (Lipinski definition) is 0. The third-order valence-electron chi connectivity index (χ3n) is 2.68. The minimum atomic E-state index is -0.175. The number of benzene rings is 1. The number of carbonyl (C=O) groups excluding carboxylic acids is 2. The molecule has 1 aromatic carbocycles. The second kappa shape index (κ2) is 3.10. The van der Waals surface area contributed by atoms with E-state index in [1.165, 1.54) is 6.20 Å². The molecule has 1 aromatic heterocycles. The maximum Gasteiger partial charge on any atom is 0.212 e. The van der Waals surface area contributed by atoms with Crippen LogP contribution in [0.25, 0.3) is 0 Å². The number of fused-ring (bicyclic) bond motifs is 2. The first-order valence-corrected chi connectivity index (χ1v) is 4.92. The van der Waals surface area contributed by atoms with Crippen LogP contribution >= 0.6 is 0 Å². The molecule has 1 aliphatic carbocycles. The van der Waals surface area contributed by atoms with Crippen molar-refractivity contribution < 1.29 is 9.59 Å². The second-order valence-electron chi connectivity index (χ2n) is 3.60. The van der Waals surface area contributed by atoms with Crippen LogP contribution in [0, 0.1) is 0 Å². The Bertz CT molecular complexity index is 511. The Morgan fingerprint density at radius 1 is 0.750 bits per heavy atom. The van der Waals surface area contributed by atoms with Gasteiger partial charge in [-0.15, -0.1) is 0 Å². The Labute approximate surface area is 91.8 Å². The van der Waals surface area contributed by atoms with E-state index in [1.807, 2.05) is 0 Å². The van der Waals surface area contributed by atoms with E-state index in [0.29, 0.717) is 16.7 Å². The Morgan fingerprint density at radius 2 is 1.38 bits per heavy atom. The van der Waals surface area contributed by atoms with E-state index >= 15 is 0 Å². The molecule has 0 radical (unpaired) electrons. The highest BCUT2D eigenvalue weighted by Crippen LogP contribution is 2.25. The number of nitrogens with zero attached hydrogens (tertiary/aromatic N) is 1. The van der Waals surface area contributed by atoms with Gasteiger partial charge in [0.15, 0.2) is 5.78 Å². The normalized spacial score (nSPS) is 13.2. The molecule has 3 nitrogen and oxygen atoms in total. The fourth-order valence-corrected chi connectivity index (χ4v) is 1.92. The lowest BCUT2D eigenvalue weighted by atomic mass is 9.87. The van der Waals surface area contributed by atoms with Crippen LogP contribution in [0.5, 0.6) is 0 Å². The summed E-state index contributed by atoms with van der Waals surface area (Å²) in [5.74, 6) is -0.302. The third-order valence-corrected chi connectivity index (χ3v) is 2.68. The predicted octanol–water partition coefficient (Wildman–Crippen LogP) is 1.86. The van der Waals surface area contributed by atoms with Crippen molar-refractivity contribution in [1.82, 2.24) is 4.98 Å². The van der Waals surface area contributed by atoms with Gasteiger partial charge in [0.2, 0.25) is 5.78 Å². The SMILES string of the molecule is O=C1c2ccccc2C(=O)c2ncccc21. The van der Waals surface area contributed by atoms with Gasteiger partial charge in [-0.3, -0.25) is 14.6 Å². The summed E-state index contributed by atoms with van der Waals surface area (Å²) < 4.78 is 0. The van der Waals surface area contributed by atoms with Crippen LogP contribution in [0.15, 0.2) is 42.6 Å². The average Bonchev–Trinajstić information content (AvgIpc) is 2.36. The molecule has 1 aliphatic rings. The first-order valence-electron chi connectivity index (χ1n) is 4.92. The van der Waals surface area contributed by atoms with Crippen LogP contribution in [0.4, 0.5) is 0 Å². The zero-order valence-electron chi connectivity index (χ0n) is 8.31. The number of ketones is 2. The van der Waals surface area contributed by atoms with Gasteiger partial charge in [-0.2, -0.15) is 0 Å². The van der Waals surface area contributed by atoms with E-state index in [4.69, 9.17) is 0 Å². The van der Waals surface area contributed by atoms with E-state index in [2.05, 4.69) is 4.98 Å². The summed E-state index contributed by atoms with van der Waals surface area (Å²) in [6, 6.07) is 10.1. The van der Waals surface area contributed by atoms with Crippen molar-refractivity contribution in [2.75, 3.05) is 0 Å². The van der Waals surface area contributed by atoms with E-state index in [9.17, 15) is 9.59 Å². The third kappa shape index (κ3) is 1.05. The molecule has 0 fully saturated rings. The lowest BCUT2D eigenvalue weighted by Crippen LogP contribution is -2.21. The van der Waals surface area contributed by atoms with Crippen molar-refractivity contribution in [3.8, 4) is 0 Å². The molecule has 1 heterocycles. The fraction of sp³-hybridized carbons (Fsp3) is 0. The molecule has 0 saturated heterocycles. The van der Waals surface area contributed by atoms with Crippen LogP contribution in [-0.4, -0.2) is 16.6 Å². The van der Waals surface area contributed by atoms with Gasteiger partial charge in [0, 0.05) is 17.3 Å². The molecule has 0 bridgehead atoms. The first-order chi connectivity index (χ1) is 7.79. The van der Waals surface area contributed by atoms with Gasteiger partial charge in [0.1, 0.15) is 5.69 Å². The summed E-state index contributed by atoms with van der Waals surface area (Å²) in [6.07, 6.45) is 1.53. The minimum absolute atomic E-state index is 0.127. The molecule has 0 N–H and O–H groups in total. The maximum absolute atomic E-state index is 12.1. The van der Waals surface area contributed by atoms with Gasteiger partial charge in [-0.05, 0) is 12.1 Å². The van der Waals surface area contributed by atoms with Crippen LogP contribution in [0.3, 0.4) is 0 Å². The standard InChI is InChI=1S/C13H7NO2/c15-12-8-4-1-2-5-9(8)13(16)11-10(12)6-3-7-14-11/h1-7H. The summed E-state index contributed by atoms with van der Waals surface area (Å²) in [5, 5.41) is 0. The van der Waals surface area contributed by atoms with E-state index in [1.54, 1.807) is 36.4 Å². The summed E-state index contributed by atoms with van der Waals surface area (Å²) in [5.41, 5.74) is 1.56. The van der Waals surface area contributed by atoms with Crippen LogP contribution in [0.1, 0.15) is 32.0 Å². The highest BCUT2D eigenvalue weighted by molar-refractivity contribution is 6.27. The van der Waals surface area contributed by atoms with Crippen molar-refractivity contribution in [2.45, 2.75) is 0 Å². The largest absolute Gasteiger partial charge is 0.288 e. The molecule has 76 valence electrons. The lowest BCUT2D eigenvalue weighted by molar-refractivity contribution is 0.0975. The molecule has 3 rings (SSSR count). The molecule has 2 aromatic rings. The van der Waals surface area contributed by atoms with Crippen molar-refractivity contribution >= 4 is 11.6 Å². The smallest absolute Gasteiger partial charge is 0.212 e. The van der Waals surface area contributed by atoms with E-state index in [-0.39, 0.29) is 17.3 Å². The van der Waals surface area contributed by atoms with E-state index < -0.39 is 0 Å². The molecular weight excluding hydrogens is 202 g/mol. The molecule has 3 heteroatoms. The van der Waals surface area contributed by atoms with Gasteiger partial charge >= 0.3 is 0 Å². The monoisotopic (exact) mass is 209 g/mol. The Balaban J connectivity index is 2.35. The van der Waals surface area contributed by atoms with Crippen molar-refractivity contribution in [2.24, 2.45) is 0 Å². The zero-order chi connectivity index (χ0) is 11.1. The first kappa shape index (κ1) is 8.97. The van der Waals surface area contributed by atoms with Gasteiger partial charge in [-0.25, -0.2) is 0 Å². The maximum atomic E-state index is 12.1. The highest BCUT2D eigenvalue weighted by atomic mass is 16.1. The summed E-state index contributed by atoms with van der Waals surface area (Å²) in [7, 11) is 0. The molecule has 0 unspecified atom stereocenters. The number of carbonyl (C=O) groups is 2. The summed E-state index contributed by atoms with van der Waals surface area (Å²) in [6.45, 7) is 0. The second-order valence-corrected chi connectivity index (χ2v) is 3.60. The lowest BCUT2D eigenvalue weighted by Gasteiger charge is -2.15. The number of pyridine rings is 1. The quantitative estimate of drug-likeness (QED) is 0.567. The number of aromatic nitrogens is 1. The molecule has 0 amide bonds. The molecule has 16 heavy (non-hydrogen) atoms. The molecule has 0 spiro atoms. The van der Waals surface area contributed by atoms with Gasteiger partial charge in [0.05, 0.1) is 5.56 Å². The van der Waals surface area contributed by atoms with Crippen molar-refractivity contribution in [1.29, 1.82) is 0 Å². The number of hydrogen-bond acceptors (Lipinski definition) is 3.